The van der Waals surface area contributed by atoms with Crippen molar-refractivity contribution in [3.63, 3.8) is 0 Å². The molecule has 5 N–H and O–H groups in total. The first-order chi connectivity index (χ1) is 13.2. The monoisotopic (exact) mass is 439 g/mol. The van der Waals surface area contributed by atoms with Crippen LogP contribution in [0.1, 0.15) is 26.5 Å². The van der Waals surface area contributed by atoms with Gasteiger partial charge in [0.15, 0.2) is 0 Å². The van der Waals surface area contributed by atoms with E-state index in [2.05, 4.69) is 29.6 Å². The van der Waals surface area contributed by atoms with Gasteiger partial charge in [0, 0.05) is 0 Å². The Kier molecular flexibility index (Phi) is 5.26. The number of anilines is 1. The predicted octanol–water partition coefficient (Wildman–Crippen LogP) is 0.155. The van der Waals surface area contributed by atoms with E-state index < -0.39 is 33.7 Å². The molecule has 2 aromatic heterocycles. The molecule has 2 saturated heterocycles. The van der Waals surface area contributed by atoms with Gasteiger partial charge in [-0.05, 0) is 0 Å². The Morgan fingerprint density at radius 1 is 1.36 bits per heavy atom. The van der Waals surface area contributed by atoms with Crippen molar-refractivity contribution < 1.29 is 38.4 Å². The van der Waals surface area contributed by atoms with Gasteiger partial charge < -0.3 is 0 Å². The van der Waals surface area contributed by atoms with Crippen molar-refractivity contribution in [3.05, 3.63) is 12.7 Å². The third-order valence-corrected chi connectivity index (χ3v) is 9.68. The number of hydrogen-bond donors (Lipinski definition) is 5. The minimum absolute atomic E-state index is 0.161. The van der Waals surface area contributed by atoms with Crippen molar-refractivity contribution in [1.82, 2.24) is 19.5 Å². The summed E-state index contributed by atoms with van der Waals surface area (Å²) in [5.41, 5.74) is 1.11. The van der Waals surface area contributed by atoms with Gasteiger partial charge in [-0.25, -0.2) is 0 Å². The first-order valence-electron chi connectivity index (χ1n) is 8.66. The van der Waals surface area contributed by atoms with Crippen LogP contribution in [0.3, 0.4) is 0 Å². The number of hydrogen-bond acceptors (Lipinski definition) is 12. The number of ether oxygens (including phenoxy) is 1. The van der Waals surface area contributed by atoms with E-state index in [9.17, 15) is 19.8 Å². The molecule has 0 aliphatic carbocycles. The summed E-state index contributed by atoms with van der Waals surface area (Å²) in [6.07, 6.45) is 0.813. The van der Waals surface area contributed by atoms with Gasteiger partial charge in [0.25, 0.3) is 0 Å². The second-order valence-corrected chi connectivity index (χ2v) is 13.8. The molecular formula is C13H23N5O8P2. The third-order valence-electron chi connectivity index (χ3n) is 4.40. The number of fused-ring (bicyclic) bond motifs is 1. The van der Waals surface area contributed by atoms with E-state index in [0.29, 0.717) is 17.0 Å². The van der Waals surface area contributed by atoms with E-state index in [1.165, 1.54) is 6.33 Å². The van der Waals surface area contributed by atoms with E-state index in [-0.39, 0.29) is 19.1 Å². The summed E-state index contributed by atoms with van der Waals surface area (Å²) in [5, 5.41) is 13.5. The van der Waals surface area contributed by atoms with E-state index in [4.69, 9.17) is 9.26 Å². The molecule has 0 bridgehead atoms. The van der Waals surface area contributed by atoms with Crippen LogP contribution in [0.5, 0.6) is 0 Å². The van der Waals surface area contributed by atoms with Gasteiger partial charge in [0.2, 0.25) is 0 Å². The van der Waals surface area contributed by atoms with Crippen LogP contribution in [0.15, 0.2) is 12.7 Å². The van der Waals surface area contributed by atoms with Crippen LogP contribution in [0, 0.1) is 0 Å². The van der Waals surface area contributed by atoms with Gasteiger partial charge in [-0.15, -0.1) is 0 Å². The zero-order chi connectivity index (χ0) is 20.1. The van der Waals surface area contributed by atoms with E-state index in [0.717, 1.165) is 0 Å². The molecule has 0 spiro atoms. The quantitative estimate of drug-likeness (QED) is 0.224. The number of aliphatic hydroxyl groups excluding tert-OH is 1. The summed E-state index contributed by atoms with van der Waals surface area (Å²) in [6.45, 7) is 3.62. The number of nitrogens with zero attached hydrogens (tertiary/aromatic N) is 4. The van der Waals surface area contributed by atoms with Crippen LogP contribution in [-0.4, -0.2) is 64.2 Å². The van der Waals surface area contributed by atoms with Crippen LogP contribution in [0.25, 0.3) is 11.2 Å². The third kappa shape index (κ3) is 3.71. The Morgan fingerprint density at radius 3 is 2.79 bits per heavy atom. The number of aliphatic hydroxyl groups is 1. The molecule has 158 valence electrons. The van der Waals surface area contributed by atoms with Gasteiger partial charge in [0.05, 0.1) is 0 Å². The van der Waals surface area contributed by atoms with Crippen molar-refractivity contribution >= 4 is 32.2 Å². The van der Waals surface area contributed by atoms with E-state index in [1.54, 1.807) is 10.9 Å². The molecular weight excluding hydrogens is 416 g/mol. The standard InChI is InChI=1S/C13H23N5O8P2/c1-7(2)17-12-11-13(15-5-14-12)18(6-16-11)10-3-8(19)9(24-10)4-23-27(20,21)28(22)25-26-28/h5-10,19-22,27-28H,3-4H2,1-2H3,(H,14,15,17)/t8-,9-,10-/m1/s1. The van der Waals surface area contributed by atoms with Crippen LogP contribution in [0.4, 0.5) is 5.82 Å². The molecule has 0 amide bonds. The Morgan fingerprint density at radius 2 is 2.11 bits per heavy atom. The van der Waals surface area contributed by atoms with Crippen LogP contribution in [0.2, 0.25) is 0 Å². The summed E-state index contributed by atoms with van der Waals surface area (Å²) in [7, 11) is -8.54. The number of aromatic nitrogens is 4. The maximum atomic E-state index is 10.3. The predicted molar refractivity (Wildman–Crippen MR) is 100 cm³/mol. The molecule has 0 unspecified atom stereocenters. The Labute approximate surface area is 160 Å². The molecule has 15 heteroatoms. The Bertz CT molecular complexity index is 863. The molecule has 2 fully saturated rings. The minimum atomic E-state index is -4.54. The molecule has 2 aliphatic rings. The summed E-state index contributed by atoms with van der Waals surface area (Å²) >= 11 is 0. The zero-order valence-corrected chi connectivity index (χ0v) is 17.1. The molecule has 28 heavy (non-hydrogen) atoms. The van der Waals surface area contributed by atoms with Crippen molar-refractivity contribution in [1.29, 1.82) is 0 Å². The average Bonchev–Trinajstić information content (AvgIpc) is 3.09. The van der Waals surface area contributed by atoms with Crippen molar-refractivity contribution in [2.45, 2.75) is 44.7 Å². The van der Waals surface area contributed by atoms with Gasteiger partial charge in [0.1, 0.15) is 0 Å². The summed E-state index contributed by atoms with van der Waals surface area (Å²) in [6, 6.07) is 0.161. The molecule has 4 rings (SSSR count). The van der Waals surface area contributed by atoms with Gasteiger partial charge in [-0.3, -0.25) is 0 Å². The van der Waals surface area contributed by atoms with Crippen LogP contribution < -0.4 is 5.32 Å². The number of rotatable bonds is 7. The average molecular weight is 439 g/mol. The Hall–Kier alpha value is -1.11. The first kappa shape index (κ1) is 20.2. The second-order valence-electron chi connectivity index (χ2n) is 6.95. The summed E-state index contributed by atoms with van der Waals surface area (Å²) in [4.78, 5) is 42.0. The van der Waals surface area contributed by atoms with Crippen LogP contribution in [-0.2, 0) is 18.6 Å². The maximum absolute atomic E-state index is 10.3. The number of nitrogens with one attached hydrogen (secondary N) is 1. The Balaban J connectivity index is 1.47. The van der Waals surface area contributed by atoms with Crippen molar-refractivity contribution in [2.24, 2.45) is 0 Å². The topological polar surface area (TPSA) is 180 Å². The second kappa shape index (κ2) is 7.29. The zero-order valence-electron chi connectivity index (χ0n) is 15.1. The molecule has 0 radical (unpaired) electrons. The van der Waals surface area contributed by atoms with Gasteiger partial charge >= 0.3 is 159 Å². The summed E-state index contributed by atoms with van der Waals surface area (Å²) < 4.78 is 21.0. The molecule has 2 aliphatic heterocycles. The van der Waals surface area contributed by atoms with Crippen molar-refractivity contribution in [3.8, 4) is 0 Å². The van der Waals surface area contributed by atoms with E-state index in [1.807, 2.05) is 13.8 Å². The fourth-order valence-corrected chi connectivity index (χ4v) is 5.85. The SMILES string of the molecule is CC(C)Nc1ncnc2c1ncn2[C@H]1C[C@@H](O)[C@@H](CO[PH](O)(O)[PH]2(O)OO2)O1. The molecule has 2 aromatic rings. The van der Waals surface area contributed by atoms with Gasteiger partial charge in [-0.1, -0.05) is 0 Å². The molecule has 0 saturated carbocycles. The molecule has 4 heterocycles. The van der Waals surface area contributed by atoms with Crippen molar-refractivity contribution in [2.75, 3.05) is 11.9 Å². The fourth-order valence-electron chi connectivity index (χ4n) is 2.92. The van der Waals surface area contributed by atoms with E-state index >= 15 is 0 Å². The first-order valence-corrected chi connectivity index (χ1v) is 13.2. The number of imidazole rings is 1. The fraction of sp³-hybridized carbons (Fsp3) is 0.615. The molecule has 0 aromatic carbocycles. The van der Waals surface area contributed by atoms with Gasteiger partial charge in [-0.2, -0.15) is 0 Å². The van der Waals surface area contributed by atoms with Crippen LogP contribution >= 0.6 is 15.3 Å². The molecule has 13 nitrogen and oxygen atoms in total. The summed E-state index contributed by atoms with van der Waals surface area (Å²) in [5.74, 6) is 0.594. The molecule has 3 atom stereocenters. The normalized spacial score (nSPS) is 28.6.